The highest BCUT2D eigenvalue weighted by molar-refractivity contribution is 5.92. The molecule has 0 radical (unpaired) electrons. The fourth-order valence-corrected chi connectivity index (χ4v) is 3.09. The number of piperidine rings is 1. The molecule has 1 unspecified atom stereocenters. The molecule has 0 bridgehead atoms. The van der Waals surface area contributed by atoms with E-state index in [1.165, 1.54) is 13.2 Å². The molecule has 0 aliphatic carbocycles. The number of carbonyl (C=O) groups excluding carboxylic acids is 1. The van der Waals surface area contributed by atoms with Gasteiger partial charge in [0, 0.05) is 0 Å². The number of halogens is 1. The lowest BCUT2D eigenvalue weighted by Gasteiger charge is -2.22. The molecule has 8 heteroatoms. The number of nitrogens with zero attached hydrogens (tertiary/aromatic N) is 3. The van der Waals surface area contributed by atoms with Gasteiger partial charge in [0.2, 0.25) is 0 Å². The Kier molecular flexibility index (Phi) is 5.28. The Morgan fingerprint density at radius 3 is 2.92 bits per heavy atom. The minimum atomic E-state index is -0.562. The smallest absolute Gasteiger partial charge is 0.273 e. The minimum Gasteiger partial charge on any atom is -0.496 e. The first kappa shape index (κ1) is 17.3. The molecule has 0 saturated carbocycles. The molecular formula is C17H22FN5O2. The number of nitrogens with one attached hydrogen (secondary N) is 2. The minimum absolute atomic E-state index is 0.223. The molecule has 1 aliphatic rings. The van der Waals surface area contributed by atoms with E-state index in [4.69, 9.17) is 4.74 Å². The molecule has 1 aromatic heterocycles. The first-order valence-corrected chi connectivity index (χ1v) is 8.36. The summed E-state index contributed by atoms with van der Waals surface area (Å²) in [5.74, 6) is -0.422. The summed E-state index contributed by atoms with van der Waals surface area (Å²) >= 11 is 0. The Labute approximate surface area is 145 Å². The zero-order valence-corrected chi connectivity index (χ0v) is 14.3. The van der Waals surface area contributed by atoms with E-state index < -0.39 is 17.8 Å². The molecule has 2 aromatic rings. The van der Waals surface area contributed by atoms with Crippen molar-refractivity contribution in [1.82, 2.24) is 25.6 Å². The summed E-state index contributed by atoms with van der Waals surface area (Å²) in [5.41, 5.74) is 0.532. The lowest BCUT2D eigenvalue weighted by Crippen LogP contribution is -2.30. The van der Waals surface area contributed by atoms with Crippen molar-refractivity contribution in [3.05, 3.63) is 41.5 Å². The molecule has 1 atom stereocenters. The molecule has 0 spiro atoms. The normalized spacial score (nSPS) is 16.4. The van der Waals surface area contributed by atoms with Crippen LogP contribution in [0.3, 0.4) is 0 Å². The molecule has 1 aliphatic heterocycles. The molecule has 1 fully saturated rings. The van der Waals surface area contributed by atoms with Gasteiger partial charge in [-0.1, -0.05) is 11.3 Å². The number of hydrogen-bond acceptors (Lipinski definition) is 5. The topological polar surface area (TPSA) is 81.1 Å². The summed E-state index contributed by atoms with van der Waals surface area (Å²) in [6, 6.07) is 4.26. The van der Waals surface area contributed by atoms with E-state index in [-0.39, 0.29) is 11.7 Å². The lowest BCUT2D eigenvalue weighted by atomic mass is 10.1. The van der Waals surface area contributed by atoms with Crippen molar-refractivity contribution in [3.8, 4) is 5.75 Å². The molecular weight excluding hydrogens is 325 g/mol. The number of rotatable bonds is 5. The van der Waals surface area contributed by atoms with Crippen LogP contribution in [-0.2, 0) is 0 Å². The first-order valence-electron chi connectivity index (χ1n) is 8.36. The summed E-state index contributed by atoms with van der Waals surface area (Å²) in [6.07, 6.45) is 3.55. The van der Waals surface area contributed by atoms with E-state index in [0.29, 0.717) is 11.3 Å². The van der Waals surface area contributed by atoms with E-state index >= 15 is 0 Å². The summed E-state index contributed by atoms with van der Waals surface area (Å²) in [5, 5.41) is 14.1. The monoisotopic (exact) mass is 347 g/mol. The van der Waals surface area contributed by atoms with Crippen LogP contribution in [0.4, 0.5) is 4.39 Å². The van der Waals surface area contributed by atoms with E-state index in [1.807, 2.05) is 0 Å². The number of aromatic nitrogens is 3. The van der Waals surface area contributed by atoms with Gasteiger partial charge in [-0.3, -0.25) is 4.79 Å². The summed E-state index contributed by atoms with van der Waals surface area (Å²) < 4.78 is 21.0. The maximum Gasteiger partial charge on any atom is 0.273 e. The molecule has 1 amide bonds. The average Bonchev–Trinajstić information content (AvgIpc) is 3.12. The zero-order valence-electron chi connectivity index (χ0n) is 14.3. The van der Waals surface area contributed by atoms with Gasteiger partial charge in [-0.05, 0) is 45.0 Å². The van der Waals surface area contributed by atoms with Gasteiger partial charge in [0.15, 0.2) is 5.69 Å². The van der Waals surface area contributed by atoms with Crippen LogP contribution >= 0.6 is 0 Å². The summed E-state index contributed by atoms with van der Waals surface area (Å²) in [7, 11) is 1.47. The van der Waals surface area contributed by atoms with E-state index in [0.717, 1.165) is 25.9 Å². The van der Waals surface area contributed by atoms with Gasteiger partial charge in [-0.2, -0.15) is 0 Å². The largest absolute Gasteiger partial charge is 0.496 e. The molecule has 134 valence electrons. The van der Waals surface area contributed by atoms with Crippen molar-refractivity contribution < 1.29 is 13.9 Å². The van der Waals surface area contributed by atoms with Crippen LogP contribution in [0.5, 0.6) is 5.75 Å². The second-order valence-corrected chi connectivity index (χ2v) is 6.12. The summed E-state index contributed by atoms with van der Waals surface area (Å²) in [4.78, 5) is 12.4. The van der Waals surface area contributed by atoms with E-state index in [9.17, 15) is 9.18 Å². The molecule has 2 heterocycles. The van der Waals surface area contributed by atoms with E-state index in [2.05, 4.69) is 20.9 Å². The number of hydrogen-bond donors (Lipinski definition) is 2. The molecule has 7 nitrogen and oxygen atoms in total. The highest BCUT2D eigenvalue weighted by Gasteiger charge is 2.22. The van der Waals surface area contributed by atoms with Crippen molar-refractivity contribution in [2.24, 2.45) is 0 Å². The van der Waals surface area contributed by atoms with Gasteiger partial charge >= 0.3 is 0 Å². The highest BCUT2D eigenvalue weighted by Crippen LogP contribution is 2.27. The maximum atomic E-state index is 14.1. The van der Waals surface area contributed by atoms with Gasteiger partial charge in [0.25, 0.3) is 5.91 Å². The molecule has 3 rings (SSSR count). The Hall–Kier alpha value is -2.48. The van der Waals surface area contributed by atoms with Gasteiger partial charge in [-0.25, -0.2) is 9.07 Å². The number of ether oxygens (including phenoxy) is 1. The van der Waals surface area contributed by atoms with Gasteiger partial charge < -0.3 is 15.4 Å². The zero-order chi connectivity index (χ0) is 17.8. The number of carbonyl (C=O) groups is 1. The second-order valence-electron chi connectivity index (χ2n) is 6.12. The first-order chi connectivity index (χ1) is 12.1. The van der Waals surface area contributed by atoms with Crippen molar-refractivity contribution in [2.45, 2.75) is 31.8 Å². The third-order valence-electron chi connectivity index (χ3n) is 4.44. The van der Waals surface area contributed by atoms with Crippen molar-refractivity contribution in [2.75, 3.05) is 20.2 Å². The van der Waals surface area contributed by atoms with Crippen LogP contribution in [0.15, 0.2) is 24.4 Å². The summed E-state index contributed by atoms with van der Waals surface area (Å²) in [6.45, 7) is 3.56. The number of methoxy groups -OCH3 is 1. The predicted molar refractivity (Wildman–Crippen MR) is 90.0 cm³/mol. The van der Waals surface area contributed by atoms with Crippen LogP contribution in [0.1, 0.15) is 47.9 Å². The van der Waals surface area contributed by atoms with Crippen LogP contribution in [0, 0.1) is 5.82 Å². The van der Waals surface area contributed by atoms with Crippen LogP contribution < -0.4 is 15.4 Å². The second kappa shape index (κ2) is 7.60. The third-order valence-corrected chi connectivity index (χ3v) is 4.44. The fraction of sp³-hybridized carbons (Fsp3) is 0.471. The number of amides is 1. The van der Waals surface area contributed by atoms with Crippen molar-refractivity contribution in [1.29, 1.82) is 0 Å². The van der Waals surface area contributed by atoms with Gasteiger partial charge in [0.1, 0.15) is 11.6 Å². The third kappa shape index (κ3) is 3.79. The van der Waals surface area contributed by atoms with Crippen molar-refractivity contribution >= 4 is 5.91 Å². The number of benzene rings is 1. The Balaban J connectivity index is 1.71. The van der Waals surface area contributed by atoms with Gasteiger partial charge in [0.05, 0.1) is 31.0 Å². The highest BCUT2D eigenvalue weighted by atomic mass is 19.1. The Bertz CT molecular complexity index is 742. The fourth-order valence-electron chi connectivity index (χ4n) is 3.09. The van der Waals surface area contributed by atoms with Crippen LogP contribution in [-0.4, -0.2) is 41.1 Å². The molecule has 1 aromatic carbocycles. The predicted octanol–water partition coefficient (Wildman–Crippen LogP) is 1.84. The van der Waals surface area contributed by atoms with E-state index in [1.54, 1.807) is 29.9 Å². The van der Waals surface area contributed by atoms with Crippen molar-refractivity contribution in [3.63, 3.8) is 0 Å². The quantitative estimate of drug-likeness (QED) is 0.863. The molecule has 25 heavy (non-hydrogen) atoms. The maximum absolute atomic E-state index is 14.1. The van der Waals surface area contributed by atoms with Crippen LogP contribution in [0.25, 0.3) is 0 Å². The Morgan fingerprint density at radius 2 is 2.20 bits per heavy atom. The molecule has 2 N–H and O–H groups in total. The Morgan fingerprint density at radius 1 is 1.44 bits per heavy atom. The van der Waals surface area contributed by atoms with Crippen LogP contribution in [0.2, 0.25) is 0 Å². The SMILES string of the molecule is COc1cccc(F)c1C(C)NC(=O)c1cn(C2CCNCC2)nn1. The standard InChI is InChI=1S/C17H22FN5O2/c1-11(16-13(18)4-3-5-15(16)25-2)20-17(24)14-10-23(22-21-14)12-6-8-19-9-7-12/h3-5,10-12,19H,6-9H2,1-2H3,(H,20,24). The average molecular weight is 347 g/mol. The van der Waals surface area contributed by atoms with Gasteiger partial charge in [-0.15, -0.1) is 5.10 Å². The molecule has 1 saturated heterocycles. The lowest BCUT2D eigenvalue weighted by molar-refractivity contribution is 0.0933.